The number of carbonyl (C=O) groups is 2. The summed E-state index contributed by atoms with van der Waals surface area (Å²) in [4.78, 5) is 29.6. The van der Waals surface area contributed by atoms with Crippen LogP contribution in [0.4, 0.5) is 10.1 Å². The molecular weight excluding hydrogens is 457 g/mol. The molecular formula is C25H30FN3O4S. The Bertz CT molecular complexity index is 1140. The Morgan fingerprint density at radius 2 is 1.65 bits per heavy atom. The van der Waals surface area contributed by atoms with Crippen molar-refractivity contribution in [1.82, 2.24) is 9.21 Å². The highest BCUT2D eigenvalue weighted by Crippen LogP contribution is 2.33. The maximum atomic E-state index is 13.3. The van der Waals surface area contributed by atoms with Crippen molar-refractivity contribution in [2.24, 2.45) is 5.92 Å². The molecule has 2 aliphatic rings. The zero-order valence-corrected chi connectivity index (χ0v) is 20.3. The molecule has 1 saturated carbocycles. The summed E-state index contributed by atoms with van der Waals surface area (Å²) in [6.45, 7) is 4.99. The van der Waals surface area contributed by atoms with Crippen LogP contribution in [0.15, 0.2) is 53.4 Å². The number of hydrogen-bond acceptors (Lipinski definition) is 4. The lowest BCUT2D eigenvalue weighted by Gasteiger charge is -2.26. The van der Waals surface area contributed by atoms with E-state index in [1.807, 2.05) is 4.90 Å². The molecule has 2 aromatic carbocycles. The molecule has 1 saturated heterocycles. The van der Waals surface area contributed by atoms with E-state index in [-0.39, 0.29) is 41.5 Å². The van der Waals surface area contributed by atoms with Gasteiger partial charge in [0.1, 0.15) is 5.82 Å². The van der Waals surface area contributed by atoms with Crippen LogP contribution in [0.1, 0.15) is 38.7 Å². The summed E-state index contributed by atoms with van der Waals surface area (Å²) in [6.07, 6.45) is 1.98. The first kappa shape index (κ1) is 24.3. The second-order valence-corrected chi connectivity index (χ2v) is 10.8. The third-order valence-electron chi connectivity index (χ3n) is 6.50. The maximum Gasteiger partial charge on any atom is 0.243 e. The number of halogens is 1. The molecule has 34 heavy (non-hydrogen) atoms. The van der Waals surface area contributed by atoms with Gasteiger partial charge in [0, 0.05) is 44.3 Å². The number of hydrogen-bond donors (Lipinski definition) is 0. The van der Waals surface area contributed by atoms with E-state index in [4.69, 9.17) is 0 Å². The highest BCUT2D eigenvalue weighted by molar-refractivity contribution is 7.89. The van der Waals surface area contributed by atoms with Crippen molar-refractivity contribution < 1.29 is 22.4 Å². The Labute approximate surface area is 200 Å². The van der Waals surface area contributed by atoms with Gasteiger partial charge in [0.25, 0.3) is 0 Å². The number of amides is 2. The number of anilines is 1. The van der Waals surface area contributed by atoms with E-state index < -0.39 is 15.9 Å². The van der Waals surface area contributed by atoms with E-state index in [1.165, 1.54) is 28.6 Å². The molecule has 0 aromatic heterocycles. The van der Waals surface area contributed by atoms with Gasteiger partial charge >= 0.3 is 0 Å². The summed E-state index contributed by atoms with van der Waals surface area (Å²) in [6, 6.07) is 12.6. The second kappa shape index (κ2) is 9.84. The first-order chi connectivity index (χ1) is 16.2. The molecule has 1 atom stereocenters. The molecule has 1 unspecified atom stereocenters. The molecule has 0 spiro atoms. The van der Waals surface area contributed by atoms with Gasteiger partial charge in [-0.1, -0.05) is 26.0 Å². The minimum atomic E-state index is -3.58. The van der Waals surface area contributed by atoms with Gasteiger partial charge in [-0.05, 0) is 54.8 Å². The van der Waals surface area contributed by atoms with Crippen molar-refractivity contribution in [2.75, 3.05) is 24.5 Å². The predicted octanol–water partition coefficient (Wildman–Crippen LogP) is 3.40. The van der Waals surface area contributed by atoms with Gasteiger partial charge < -0.3 is 9.80 Å². The molecule has 2 amide bonds. The second-order valence-electron chi connectivity index (χ2n) is 8.81. The summed E-state index contributed by atoms with van der Waals surface area (Å²) < 4.78 is 40.1. The van der Waals surface area contributed by atoms with E-state index in [9.17, 15) is 22.4 Å². The van der Waals surface area contributed by atoms with Crippen LogP contribution in [0.25, 0.3) is 0 Å². The van der Waals surface area contributed by atoms with Crippen LogP contribution < -0.4 is 4.90 Å². The highest BCUT2D eigenvalue weighted by Gasteiger charge is 2.41. The molecule has 7 nitrogen and oxygen atoms in total. The zero-order valence-electron chi connectivity index (χ0n) is 19.5. The minimum absolute atomic E-state index is 0.0663. The van der Waals surface area contributed by atoms with Gasteiger partial charge in [0.15, 0.2) is 0 Å². The number of benzene rings is 2. The monoisotopic (exact) mass is 487 g/mol. The SMILES string of the molecule is CCN(CC)S(=O)(=O)c1ccc(N2CC(C(=O)N(Cc3ccc(F)cc3)C3CC3)CC2=O)cc1. The normalized spacial score (nSPS) is 18.5. The van der Waals surface area contributed by atoms with Crippen LogP contribution in [0.5, 0.6) is 0 Å². The van der Waals surface area contributed by atoms with Crippen molar-refractivity contribution in [1.29, 1.82) is 0 Å². The number of rotatable bonds is 9. The zero-order chi connectivity index (χ0) is 24.5. The van der Waals surface area contributed by atoms with Crippen molar-refractivity contribution in [3.8, 4) is 0 Å². The lowest BCUT2D eigenvalue weighted by molar-refractivity contribution is -0.137. The summed E-state index contributed by atoms with van der Waals surface area (Å²) >= 11 is 0. The van der Waals surface area contributed by atoms with Gasteiger partial charge in [-0.3, -0.25) is 9.59 Å². The summed E-state index contributed by atoms with van der Waals surface area (Å²) in [7, 11) is -3.58. The van der Waals surface area contributed by atoms with E-state index in [0.717, 1.165) is 18.4 Å². The average molecular weight is 488 g/mol. The Morgan fingerprint density at radius 3 is 2.21 bits per heavy atom. The molecule has 2 aromatic rings. The average Bonchev–Trinajstić information content (AvgIpc) is 3.60. The number of sulfonamides is 1. The lowest BCUT2D eigenvalue weighted by atomic mass is 10.1. The molecule has 4 rings (SSSR count). The lowest BCUT2D eigenvalue weighted by Crippen LogP contribution is -2.38. The van der Waals surface area contributed by atoms with Gasteiger partial charge in [-0.2, -0.15) is 4.31 Å². The molecule has 182 valence electrons. The van der Waals surface area contributed by atoms with Crippen molar-refractivity contribution in [2.45, 2.75) is 50.6 Å². The third kappa shape index (κ3) is 5.00. The quantitative estimate of drug-likeness (QED) is 0.543. The van der Waals surface area contributed by atoms with Crippen LogP contribution in [-0.2, 0) is 26.2 Å². The van der Waals surface area contributed by atoms with E-state index in [0.29, 0.717) is 25.3 Å². The Hall–Kier alpha value is -2.78. The van der Waals surface area contributed by atoms with Gasteiger partial charge in [0.2, 0.25) is 21.8 Å². The predicted molar refractivity (Wildman–Crippen MR) is 127 cm³/mol. The van der Waals surface area contributed by atoms with Crippen LogP contribution in [0.3, 0.4) is 0 Å². The number of nitrogens with zero attached hydrogens (tertiary/aromatic N) is 3. The van der Waals surface area contributed by atoms with Gasteiger partial charge in [-0.25, -0.2) is 12.8 Å². The van der Waals surface area contributed by atoms with Crippen LogP contribution in [0, 0.1) is 11.7 Å². The van der Waals surface area contributed by atoms with Crippen LogP contribution in [-0.4, -0.2) is 55.1 Å². The van der Waals surface area contributed by atoms with Gasteiger partial charge in [-0.15, -0.1) is 0 Å². The molecule has 9 heteroatoms. The Balaban J connectivity index is 1.47. The molecule has 1 aliphatic carbocycles. The van der Waals surface area contributed by atoms with Crippen LogP contribution >= 0.6 is 0 Å². The molecule has 0 bridgehead atoms. The largest absolute Gasteiger partial charge is 0.335 e. The smallest absolute Gasteiger partial charge is 0.243 e. The minimum Gasteiger partial charge on any atom is -0.335 e. The fourth-order valence-corrected chi connectivity index (χ4v) is 5.89. The van der Waals surface area contributed by atoms with E-state index in [1.54, 1.807) is 43.0 Å². The topological polar surface area (TPSA) is 78.0 Å². The summed E-state index contributed by atoms with van der Waals surface area (Å²) in [5.74, 6) is -1.01. The van der Waals surface area contributed by atoms with Crippen molar-refractivity contribution in [3.63, 3.8) is 0 Å². The molecule has 0 N–H and O–H groups in total. The van der Waals surface area contributed by atoms with Gasteiger partial charge in [0.05, 0.1) is 10.8 Å². The summed E-state index contributed by atoms with van der Waals surface area (Å²) in [5.41, 5.74) is 1.43. The van der Waals surface area contributed by atoms with Crippen LogP contribution in [0.2, 0.25) is 0 Å². The third-order valence-corrected chi connectivity index (χ3v) is 8.57. The van der Waals surface area contributed by atoms with Crippen molar-refractivity contribution >= 4 is 27.5 Å². The first-order valence-electron chi connectivity index (χ1n) is 11.7. The number of carbonyl (C=O) groups excluding carboxylic acids is 2. The molecule has 0 radical (unpaired) electrons. The molecule has 1 aliphatic heterocycles. The van der Waals surface area contributed by atoms with Crippen molar-refractivity contribution in [3.05, 3.63) is 59.9 Å². The Kier molecular flexibility index (Phi) is 7.04. The maximum absolute atomic E-state index is 13.3. The molecule has 2 fully saturated rings. The van der Waals surface area contributed by atoms with E-state index >= 15 is 0 Å². The summed E-state index contributed by atoms with van der Waals surface area (Å²) in [5, 5.41) is 0. The highest BCUT2D eigenvalue weighted by atomic mass is 32.2. The Morgan fingerprint density at radius 1 is 1.03 bits per heavy atom. The fraction of sp³-hybridized carbons (Fsp3) is 0.440. The van der Waals surface area contributed by atoms with E-state index in [2.05, 4.69) is 0 Å². The molecule has 1 heterocycles. The standard InChI is InChI=1S/C25H30FN3O4S/c1-3-27(4-2)34(32,33)23-13-11-21(12-14-23)28-17-19(15-24(28)30)25(31)29(22-9-10-22)16-18-5-7-20(26)8-6-18/h5-8,11-14,19,22H,3-4,9-10,15-17H2,1-2H3. The first-order valence-corrected chi connectivity index (χ1v) is 13.1. The fourth-order valence-electron chi connectivity index (χ4n) is 4.43.